The molecule has 3 aromatic rings. The molecule has 0 saturated carbocycles. The van der Waals surface area contributed by atoms with Crippen LogP contribution in [0.2, 0.25) is 0 Å². The summed E-state index contributed by atoms with van der Waals surface area (Å²) in [6, 6.07) is 10.6. The van der Waals surface area contributed by atoms with Gasteiger partial charge in [0.15, 0.2) is 11.6 Å². The first kappa shape index (κ1) is 19.1. The maximum Gasteiger partial charge on any atom is 0.253 e. The molecular formula is C22H20F2N2O3. The van der Waals surface area contributed by atoms with Crippen LogP contribution in [-0.4, -0.2) is 23.8 Å². The highest BCUT2D eigenvalue weighted by atomic mass is 19.1. The van der Waals surface area contributed by atoms with Crippen molar-refractivity contribution < 1.29 is 18.3 Å². The second kappa shape index (κ2) is 7.67. The van der Waals surface area contributed by atoms with Crippen LogP contribution in [0, 0.1) is 18.6 Å². The van der Waals surface area contributed by atoms with E-state index in [1.54, 1.807) is 32.3 Å². The largest absolute Gasteiger partial charge is 0.454 e. The van der Waals surface area contributed by atoms with E-state index in [1.165, 1.54) is 10.6 Å². The van der Waals surface area contributed by atoms with Crippen molar-refractivity contribution in [3.8, 4) is 22.6 Å². The fourth-order valence-corrected chi connectivity index (χ4v) is 3.19. The van der Waals surface area contributed by atoms with Crippen LogP contribution in [0.4, 0.5) is 14.5 Å². The zero-order valence-electron chi connectivity index (χ0n) is 16.0. The Morgan fingerprint density at radius 3 is 2.52 bits per heavy atom. The van der Waals surface area contributed by atoms with E-state index in [0.29, 0.717) is 30.1 Å². The number of hydrogen-bond acceptors (Lipinski definition) is 4. The Kier molecular flexibility index (Phi) is 5.07. The third-order valence-electron chi connectivity index (χ3n) is 4.78. The Balaban J connectivity index is 1.78. The van der Waals surface area contributed by atoms with Crippen LogP contribution in [0.25, 0.3) is 11.1 Å². The molecule has 2 aromatic carbocycles. The second-order valence-electron chi connectivity index (χ2n) is 7.09. The lowest BCUT2D eigenvalue weighted by molar-refractivity contribution is 0.0211. The van der Waals surface area contributed by atoms with Crippen LogP contribution >= 0.6 is 0 Å². The molecule has 5 nitrogen and oxygen atoms in total. The SMILES string of the molecule is Cc1cc(-c2cc(NC3COC3)ccc2Oc2ccc(F)cc2F)cn(C)c1=O. The van der Waals surface area contributed by atoms with E-state index in [4.69, 9.17) is 9.47 Å². The number of benzene rings is 2. The van der Waals surface area contributed by atoms with Gasteiger partial charge >= 0.3 is 0 Å². The molecule has 0 aliphatic carbocycles. The summed E-state index contributed by atoms with van der Waals surface area (Å²) in [5, 5.41) is 3.37. The highest BCUT2D eigenvalue weighted by Gasteiger charge is 2.19. The van der Waals surface area contributed by atoms with Gasteiger partial charge in [-0.15, -0.1) is 0 Å². The molecule has 2 heterocycles. The predicted molar refractivity (Wildman–Crippen MR) is 107 cm³/mol. The van der Waals surface area contributed by atoms with Gasteiger partial charge in [0.2, 0.25) is 0 Å². The van der Waals surface area contributed by atoms with Crippen LogP contribution in [0.3, 0.4) is 0 Å². The summed E-state index contributed by atoms with van der Waals surface area (Å²) in [5.74, 6) is -1.15. The number of anilines is 1. The van der Waals surface area contributed by atoms with Crippen LogP contribution in [0.1, 0.15) is 5.56 Å². The van der Waals surface area contributed by atoms with Crippen molar-refractivity contribution in [2.24, 2.45) is 7.05 Å². The minimum atomic E-state index is -0.790. The lowest BCUT2D eigenvalue weighted by Crippen LogP contribution is -2.40. The van der Waals surface area contributed by atoms with Gasteiger partial charge < -0.3 is 19.4 Å². The van der Waals surface area contributed by atoms with Gasteiger partial charge in [-0.05, 0) is 43.3 Å². The molecule has 7 heteroatoms. The lowest BCUT2D eigenvalue weighted by Gasteiger charge is -2.28. The van der Waals surface area contributed by atoms with Gasteiger partial charge in [-0.25, -0.2) is 8.78 Å². The maximum atomic E-state index is 14.1. The van der Waals surface area contributed by atoms with Gasteiger partial charge in [0.1, 0.15) is 11.6 Å². The van der Waals surface area contributed by atoms with Crippen molar-refractivity contribution in [1.82, 2.24) is 4.57 Å². The highest BCUT2D eigenvalue weighted by molar-refractivity contribution is 5.75. The molecule has 29 heavy (non-hydrogen) atoms. The molecule has 1 aliphatic heterocycles. The summed E-state index contributed by atoms with van der Waals surface area (Å²) in [5.41, 5.74) is 2.76. The van der Waals surface area contributed by atoms with Gasteiger partial charge in [-0.3, -0.25) is 4.79 Å². The molecular weight excluding hydrogens is 378 g/mol. The quantitative estimate of drug-likeness (QED) is 0.699. The summed E-state index contributed by atoms with van der Waals surface area (Å²) < 4.78 is 39.8. The molecule has 4 rings (SSSR count). The second-order valence-corrected chi connectivity index (χ2v) is 7.09. The van der Waals surface area contributed by atoms with Crippen molar-refractivity contribution >= 4 is 5.69 Å². The van der Waals surface area contributed by atoms with Crippen LogP contribution < -0.4 is 15.6 Å². The molecule has 0 amide bonds. The van der Waals surface area contributed by atoms with Gasteiger partial charge in [0.05, 0.1) is 19.3 Å². The molecule has 0 spiro atoms. The van der Waals surface area contributed by atoms with E-state index >= 15 is 0 Å². The lowest BCUT2D eigenvalue weighted by atomic mass is 10.0. The molecule has 1 aliphatic rings. The number of nitrogens with zero attached hydrogens (tertiary/aromatic N) is 1. The first-order chi connectivity index (χ1) is 13.9. The Labute approximate surface area is 166 Å². The fraction of sp³-hybridized carbons (Fsp3) is 0.227. The van der Waals surface area contributed by atoms with Crippen LogP contribution in [0.15, 0.2) is 53.5 Å². The zero-order chi connectivity index (χ0) is 20.5. The van der Waals surface area contributed by atoms with Gasteiger partial charge in [-0.1, -0.05) is 0 Å². The minimum absolute atomic E-state index is 0.0812. The van der Waals surface area contributed by atoms with E-state index < -0.39 is 11.6 Å². The molecule has 1 N–H and O–H groups in total. The number of ether oxygens (including phenoxy) is 2. The Bertz CT molecular complexity index is 1100. The number of aromatic nitrogens is 1. The number of nitrogens with one attached hydrogen (secondary N) is 1. The number of hydrogen-bond donors (Lipinski definition) is 1. The predicted octanol–water partition coefficient (Wildman–Crippen LogP) is 4.24. The van der Waals surface area contributed by atoms with Gasteiger partial charge in [-0.2, -0.15) is 0 Å². The summed E-state index contributed by atoms with van der Waals surface area (Å²) in [4.78, 5) is 12.1. The van der Waals surface area contributed by atoms with Gasteiger partial charge in [0, 0.05) is 41.7 Å². The molecule has 1 aromatic heterocycles. The smallest absolute Gasteiger partial charge is 0.253 e. The average molecular weight is 398 g/mol. The Morgan fingerprint density at radius 2 is 1.86 bits per heavy atom. The topological polar surface area (TPSA) is 52.5 Å². The molecule has 0 bridgehead atoms. The summed E-state index contributed by atoms with van der Waals surface area (Å²) in [6.07, 6.45) is 1.70. The Hall–Kier alpha value is -3.19. The summed E-state index contributed by atoms with van der Waals surface area (Å²) in [6.45, 7) is 3.00. The number of halogens is 2. The monoisotopic (exact) mass is 398 g/mol. The van der Waals surface area contributed by atoms with E-state index in [2.05, 4.69) is 5.32 Å². The van der Waals surface area contributed by atoms with E-state index in [0.717, 1.165) is 23.4 Å². The molecule has 0 atom stereocenters. The number of pyridine rings is 1. The number of aryl methyl sites for hydroxylation is 2. The van der Waals surface area contributed by atoms with E-state index in [1.807, 2.05) is 12.1 Å². The molecule has 0 unspecified atom stereocenters. The van der Waals surface area contributed by atoms with Gasteiger partial charge in [0.25, 0.3) is 5.56 Å². The highest BCUT2D eigenvalue weighted by Crippen LogP contribution is 2.36. The van der Waals surface area contributed by atoms with E-state index in [9.17, 15) is 13.6 Å². The van der Waals surface area contributed by atoms with Crippen molar-refractivity contribution in [1.29, 1.82) is 0 Å². The number of rotatable bonds is 5. The van der Waals surface area contributed by atoms with Crippen molar-refractivity contribution in [2.75, 3.05) is 18.5 Å². The molecule has 0 radical (unpaired) electrons. The maximum absolute atomic E-state index is 14.1. The molecule has 150 valence electrons. The summed E-state index contributed by atoms with van der Waals surface area (Å²) >= 11 is 0. The zero-order valence-corrected chi connectivity index (χ0v) is 16.0. The van der Waals surface area contributed by atoms with Crippen molar-refractivity contribution in [3.63, 3.8) is 0 Å². The standard InChI is InChI=1S/C22H20F2N2O3/c1-13-7-14(10-26(2)22(13)27)18-9-16(25-17-11-28-12-17)4-6-20(18)29-21-5-3-15(23)8-19(21)24/h3-10,17,25H,11-12H2,1-2H3. The normalized spacial score (nSPS) is 13.8. The average Bonchev–Trinajstić information content (AvgIpc) is 2.65. The van der Waals surface area contributed by atoms with E-state index in [-0.39, 0.29) is 17.4 Å². The third kappa shape index (κ3) is 4.00. The molecule has 1 saturated heterocycles. The first-order valence-corrected chi connectivity index (χ1v) is 9.19. The summed E-state index contributed by atoms with van der Waals surface area (Å²) in [7, 11) is 1.67. The fourth-order valence-electron chi connectivity index (χ4n) is 3.19. The Morgan fingerprint density at radius 1 is 1.10 bits per heavy atom. The van der Waals surface area contributed by atoms with Crippen molar-refractivity contribution in [2.45, 2.75) is 13.0 Å². The molecule has 1 fully saturated rings. The van der Waals surface area contributed by atoms with Crippen molar-refractivity contribution in [3.05, 3.63) is 76.2 Å². The first-order valence-electron chi connectivity index (χ1n) is 9.19. The van der Waals surface area contributed by atoms with Crippen LogP contribution in [0.5, 0.6) is 11.5 Å². The van der Waals surface area contributed by atoms with Crippen LogP contribution in [-0.2, 0) is 11.8 Å². The third-order valence-corrected chi connectivity index (χ3v) is 4.78. The minimum Gasteiger partial charge on any atom is -0.454 e.